The summed E-state index contributed by atoms with van der Waals surface area (Å²) in [4.78, 5) is 0. The van der Waals surface area contributed by atoms with Crippen molar-refractivity contribution in [3.05, 3.63) is 70.8 Å². The Morgan fingerprint density at radius 3 is 1.81 bits per heavy atom. The van der Waals surface area contributed by atoms with Gasteiger partial charge in [-0.3, -0.25) is 0 Å². The molecule has 2 aliphatic carbocycles. The molecule has 0 aromatic heterocycles. The Morgan fingerprint density at radius 2 is 1.23 bits per heavy atom. The first-order valence-corrected chi connectivity index (χ1v) is 12.9. The van der Waals surface area contributed by atoms with Crippen LogP contribution >= 0.6 is 0 Å². The third-order valence-electron chi connectivity index (χ3n) is 9.64. The molecule has 0 radical (unpaired) electrons. The highest BCUT2D eigenvalue weighted by atomic mass is 14.5. The van der Waals surface area contributed by atoms with Crippen molar-refractivity contribution in [1.29, 1.82) is 0 Å². The van der Waals surface area contributed by atoms with E-state index in [4.69, 9.17) is 0 Å². The first-order valence-electron chi connectivity index (χ1n) is 12.9. The zero-order valence-corrected chi connectivity index (χ0v) is 21.0. The maximum absolute atomic E-state index is 2.58. The quantitative estimate of drug-likeness (QED) is 0.443. The van der Waals surface area contributed by atoms with E-state index in [0.29, 0.717) is 34.5 Å². The minimum atomic E-state index is 0.303. The SMILES string of the molecule is CC(C)C1(C(C)C)CC(CC(C)C2(C(C)C)CCc3ccccc32)Cc2ccccc21. The van der Waals surface area contributed by atoms with Crippen molar-refractivity contribution in [1.82, 2.24) is 0 Å². The number of hydrogen-bond donors (Lipinski definition) is 0. The normalized spacial score (nSPS) is 25.7. The smallest absolute Gasteiger partial charge is 0.000756 e. The largest absolute Gasteiger partial charge is 0.0620 e. The Hall–Kier alpha value is -1.56. The minimum absolute atomic E-state index is 0.303. The standard InChI is InChI=1S/C31H44/c1-21(2)30(17-16-26-12-8-10-14-28(26)30)24(7)18-25-19-27-13-9-11-15-29(27)31(20-25,22(3)4)23(5)6/h8-15,21-25H,16-20H2,1-7H3. The first-order chi connectivity index (χ1) is 14.7. The number of hydrogen-bond acceptors (Lipinski definition) is 0. The van der Waals surface area contributed by atoms with Crippen LogP contribution in [0.15, 0.2) is 48.5 Å². The molecule has 0 heteroatoms. The Bertz CT molecular complexity index is 894. The van der Waals surface area contributed by atoms with E-state index in [1.165, 1.54) is 32.1 Å². The van der Waals surface area contributed by atoms with Crippen LogP contribution in [0.2, 0.25) is 0 Å². The minimum Gasteiger partial charge on any atom is -0.0620 e. The van der Waals surface area contributed by atoms with Gasteiger partial charge in [-0.2, -0.15) is 0 Å². The Kier molecular flexibility index (Phi) is 6.14. The Balaban J connectivity index is 1.68. The summed E-state index contributed by atoms with van der Waals surface area (Å²) >= 11 is 0. The topological polar surface area (TPSA) is 0 Å². The molecule has 3 atom stereocenters. The molecular weight excluding hydrogens is 372 g/mol. The van der Waals surface area contributed by atoms with Crippen molar-refractivity contribution < 1.29 is 0 Å². The zero-order valence-electron chi connectivity index (χ0n) is 21.0. The van der Waals surface area contributed by atoms with Crippen LogP contribution in [0.1, 0.15) is 90.0 Å². The van der Waals surface area contributed by atoms with E-state index in [2.05, 4.69) is 97.0 Å². The molecule has 0 amide bonds. The van der Waals surface area contributed by atoms with Gasteiger partial charge in [-0.15, -0.1) is 0 Å². The number of rotatable bonds is 6. The van der Waals surface area contributed by atoms with Crippen molar-refractivity contribution >= 4 is 0 Å². The van der Waals surface area contributed by atoms with Crippen molar-refractivity contribution in [3.63, 3.8) is 0 Å². The van der Waals surface area contributed by atoms with Crippen molar-refractivity contribution in [2.45, 2.75) is 91.4 Å². The summed E-state index contributed by atoms with van der Waals surface area (Å²) in [6.07, 6.45) is 6.54. The van der Waals surface area contributed by atoms with E-state index in [1.54, 1.807) is 22.3 Å². The summed E-state index contributed by atoms with van der Waals surface area (Å²) in [7, 11) is 0. The first kappa shape index (κ1) is 22.6. The maximum Gasteiger partial charge on any atom is 0.000756 e. The molecule has 4 rings (SSSR count). The van der Waals surface area contributed by atoms with Crippen LogP contribution in [0, 0.1) is 29.6 Å². The van der Waals surface area contributed by atoms with Crippen molar-refractivity contribution in [2.75, 3.05) is 0 Å². The lowest BCUT2D eigenvalue weighted by Gasteiger charge is -2.50. The number of fused-ring (bicyclic) bond motifs is 2. The molecule has 31 heavy (non-hydrogen) atoms. The second kappa shape index (κ2) is 8.42. The molecule has 0 bridgehead atoms. The highest BCUT2D eigenvalue weighted by Crippen LogP contribution is 2.55. The molecule has 168 valence electrons. The average molecular weight is 417 g/mol. The summed E-state index contributed by atoms with van der Waals surface area (Å²) in [5.41, 5.74) is 7.18. The fourth-order valence-electron chi connectivity index (χ4n) is 8.11. The molecule has 2 aliphatic rings. The molecule has 0 saturated heterocycles. The van der Waals surface area contributed by atoms with Gasteiger partial charge in [0, 0.05) is 10.8 Å². The van der Waals surface area contributed by atoms with Crippen LogP contribution in [-0.4, -0.2) is 0 Å². The summed E-state index contributed by atoms with van der Waals surface area (Å²) in [5, 5.41) is 0. The molecule has 0 saturated carbocycles. The molecule has 0 heterocycles. The summed E-state index contributed by atoms with van der Waals surface area (Å²) in [5.74, 6) is 3.50. The van der Waals surface area contributed by atoms with Gasteiger partial charge >= 0.3 is 0 Å². The van der Waals surface area contributed by atoms with Gasteiger partial charge in [-0.05, 0) is 83.9 Å². The molecule has 2 aromatic carbocycles. The van der Waals surface area contributed by atoms with Crippen LogP contribution in [0.5, 0.6) is 0 Å². The van der Waals surface area contributed by atoms with Gasteiger partial charge in [0.05, 0.1) is 0 Å². The second-order valence-corrected chi connectivity index (χ2v) is 11.8. The lowest BCUT2D eigenvalue weighted by molar-refractivity contribution is 0.115. The summed E-state index contributed by atoms with van der Waals surface area (Å²) in [6.45, 7) is 17.4. The highest BCUT2D eigenvalue weighted by molar-refractivity contribution is 5.41. The lowest BCUT2D eigenvalue weighted by atomic mass is 9.54. The molecule has 0 spiro atoms. The molecular formula is C31H44. The van der Waals surface area contributed by atoms with Crippen molar-refractivity contribution in [2.24, 2.45) is 29.6 Å². The van der Waals surface area contributed by atoms with Gasteiger partial charge in [-0.1, -0.05) is 97.0 Å². The van der Waals surface area contributed by atoms with Crippen molar-refractivity contribution in [3.8, 4) is 0 Å². The molecule has 0 N–H and O–H groups in total. The molecule has 2 aromatic rings. The summed E-state index contributed by atoms with van der Waals surface area (Å²) in [6, 6.07) is 18.7. The second-order valence-electron chi connectivity index (χ2n) is 11.8. The fourth-order valence-corrected chi connectivity index (χ4v) is 8.11. The van der Waals surface area contributed by atoms with Gasteiger partial charge in [0.2, 0.25) is 0 Å². The highest BCUT2D eigenvalue weighted by Gasteiger charge is 2.48. The molecule has 0 aliphatic heterocycles. The average Bonchev–Trinajstić information content (AvgIpc) is 3.13. The van der Waals surface area contributed by atoms with E-state index in [9.17, 15) is 0 Å². The van der Waals surface area contributed by atoms with E-state index in [0.717, 1.165) is 5.92 Å². The van der Waals surface area contributed by atoms with Gasteiger partial charge < -0.3 is 0 Å². The van der Waals surface area contributed by atoms with Crippen LogP contribution in [0.3, 0.4) is 0 Å². The fraction of sp³-hybridized carbons (Fsp3) is 0.613. The third kappa shape index (κ3) is 3.49. The molecule has 0 nitrogen and oxygen atoms in total. The Labute approximate surface area is 191 Å². The lowest BCUT2D eigenvalue weighted by Crippen LogP contribution is -2.45. The van der Waals surface area contributed by atoms with Crippen LogP contribution in [-0.2, 0) is 23.7 Å². The van der Waals surface area contributed by atoms with E-state index in [-0.39, 0.29) is 0 Å². The van der Waals surface area contributed by atoms with Gasteiger partial charge in [-0.25, -0.2) is 0 Å². The molecule has 3 unspecified atom stereocenters. The van der Waals surface area contributed by atoms with E-state index in [1.807, 2.05) is 0 Å². The summed E-state index contributed by atoms with van der Waals surface area (Å²) < 4.78 is 0. The van der Waals surface area contributed by atoms with E-state index >= 15 is 0 Å². The van der Waals surface area contributed by atoms with Gasteiger partial charge in [0.25, 0.3) is 0 Å². The zero-order chi connectivity index (χ0) is 22.4. The van der Waals surface area contributed by atoms with Gasteiger partial charge in [0.1, 0.15) is 0 Å². The van der Waals surface area contributed by atoms with Crippen LogP contribution < -0.4 is 0 Å². The number of aryl methyl sites for hydroxylation is 1. The third-order valence-corrected chi connectivity index (χ3v) is 9.64. The maximum atomic E-state index is 2.58. The van der Waals surface area contributed by atoms with Crippen LogP contribution in [0.25, 0.3) is 0 Å². The number of benzene rings is 2. The Morgan fingerprint density at radius 1 is 0.710 bits per heavy atom. The van der Waals surface area contributed by atoms with Crippen LogP contribution in [0.4, 0.5) is 0 Å². The predicted octanol–water partition coefficient (Wildman–Crippen LogP) is 8.37. The molecule has 0 fully saturated rings. The monoisotopic (exact) mass is 416 g/mol. The van der Waals surface area contributed by atoms with E-state index < -0.39 is 0 Å². The van der Waals surface area contributed by atoms with Gasteiger partial charge in [0.15, 0.2) is 0 Å². The predicted molar refractivity (Wildman–Crippen MR) is 135 cm³/mol.